The van der Waals surface area contributed by atoms with Crippen molar-refractivity contribution in [3.63, 3.8) is 0 Å². The predicted molar refractivity (Wildman–Crippen MR) is 135 cm³/mol. The smallest absolute Gasteiger partial charge is 0.309 e. The average Bonchev–Trinajstić information content (AvgIpc) is 3.13. The van der Waals surface area contributed by atoms with E-state index < -0.39 is 11.6 Å². The highest BCUT2D eigenvalue weighted by Gasteiger charge is 2.39. The number of esters is 1. The molecule has 0 bridgehead atoms. The van der Waals surface area contributed by atoms with E-state index in [0.29, 0.717) is 18.5 Å². The molecule has 0 aromatic heterocycles. The van der Waals surface area contributed by atoms with E-state index in [1.807, 2.05) is 39.8 Å². The van der Waals surface area contributed by atoms with E-state index in [2.05, 4.69) is 28.1 Å². The number of fused-ring (bicyclic) bond motifs is 1. The molecule has 36 heavy (non-hydrogen) atoms. The van der Waals surface area contributed by atoms with Gasteiger partial charge in [-0.3, -0.25) is 29.4 Å². The van der Waals surface area contributed by atoms with Crippen molar-refractivity contribution < 1.29 is 23.9 Å². The van der Waals surface area contributed by atoms with Gasteiger partial charge in [0.2, 0.25) is 11.8 Å². The Morgan fingerprint density at radius 1 is 1.11 bits per heavy atom. The third kappa shape index (κ3) is 5.72. The highest BCUT2D eigenvalue weighted by atomic mass is 16.6. The first-order valence-corrected chi connectivity index (χ1v) is 12.9. The summed E-state index contributed by atoms with van der Waals surface area (Å²) in [6.07, 6.45) is 0.616. The molecule has 1 N–H and O–H groups in total. The van der Waals surface area contributed by atoms with Gasteiger partial charge in [-0.05, 0) is 56.9 Å². The van der Waals surface area contributed by atoms with E-state index in [-0.39, 0.29) is 41.9 Å². The summed E-state index contributed by atoms with van der Waals surface area (Å²) in [5.41, 5.74) is 2.15. The summed E-state index contributed by atoms with van der Waals surface area (Å²) in [6.45, 7) is 14.4. The number of hydrogen-bond donors (Lipinski definition) is 1. The first-order valence-electron chi connectivity index (χ1n) is 12.9. The molecule has 1 aromatic rings. The largest absolute Gasteiger partial charge is 0.460 e. The van der Waals surface area contributed by atoms with E-state index in [4.69, 9.17) is 4.74 Å². The van der Waals surface area contributed by atoms with Crippen LogP contribution in [0.25, 0.3) is 0 Å². The van der Waals surface area contributed by atoms with Crippen molar-refractivity contribution in [1.82, 2.24) is 15.1 Å². The van der Waals surface area contributed by atoms with Gasteiger partial charge in [-0.15, -0.1) is 0 Å². The van der Waals surface area contributed by atoms with Gasteiger partial charge in [0.05, 0.1) is 5.92 Å². The molecule has 3 aliphatic heterocycles. The van der Waals surface area contributed by atoms with Crippen molar-refractivity contribution in [1.29, 1.82) is 0 Å². The Bertz CT molecular complexity index is 1040. The quantitative estimate of drug-likeness (QED) is 0.474. The lowest BCUT2D eigenvalue weighted by Gasteiger charge is -2.38. The molecule has 2 unspecified atom stereocenters. The van der Waals surface area contributed by atoms with Crippen LogP contribution in [0.5, 0.6) is 0 Å². The molecule has 3 heterocycles. The molecule has 0 aliphatic carbocycles. The number of amides is 3. The second-order valence-corrected chi connectivity index (χ2v) is 11.3. The molecular formula is C27H38N4O5. The molecule has 9 heteroatoms. The number of nitrogens with zero attached hydrogens (tertiary/aromatic N) is 3. The van der Waals surface area contributed by atoms with Crippen LogP contribution in [0.4, 0.5) is 5.69 Å². The topological polar surface area (TPSA) is 99.3 Å². The standard InChI is InChI=1S/C27H38N4O5/c1-17(18(2)26(35)36-27(3,4)5)15-29-10-12-30(13-11-29)20-6-7-21-19(14-20)16-31(25(21)34)22-8-9-23(32)28-24(22)33/h6-7,14,17-18,22H,8-13,15-16H2,1-5H3,(H,28,32,33)/t17?,18?,22-/m0/s1. The summed E-state index contributed by atoms with van der Waals surface area (Å²) in [5.74, 6) is -0.939. The number of piperazine rings is 1. The number of anilines is 1. The van der Waals surface area contributed by atoms with Gasteiger partial charge < -0.3 is 14.5 Å². The van der Waals surface area contributed by atoms with Crippen LogP contribution in [0, 0.1) is 11.8 Å². The van der Waals surface area contributed by atoms with Crippen LogP contribution in [0.2, 0.25) is 0 Å². The Hall–Kier alpha value is -2.94. The monoisotopic (exact) mass is 498 g/mol. The summed E-state index contributed by atoms with van der Waals surface area (Å²) in [5, 5.41) is 2.35. The number of carbonyl (C=O) groups is 4. The molecule has 9 nitrogen and oxygen atoms in total. The number of ether oxygens (including phenoxy) is 1. The van der Waals surface area contributed by atoms with Gasteiger partial charge in [0.25, 0.3) is 5.91 Å². The van der Waals surface area contributed by atoms with Gasteiger partial charge in [0.15, 0.2) is 0 Å². The third-order valence-corrected chi connectivity index (χ3v) is 7.42. The van der Waals surface area contributed by atoms with Gasteiger partial charge in [0.1, 0.15) is 11.6 Å². The molecule has 3 aliphatic rings. The second-order valence-electron chi connectivity index (χ2n) is 11.3. The van der Waals surface area contributed by atoms with Crippen molar-refractivity contribution in [2.75, 3.05) is 37.6 Å². The van der Waals surface area contributed by atoms with Crippen LogP contribution >= 0.6 is 0 Å². The van der Waals surface area contributed by atoms with Crippen LogP contribution < -0.4 is 10.2 Å². The molecule has 0 saturated carbocycles. The zero-order chi connectivity index (χ0) is 26.2. The fourth-order valence-corrected chi connectivity index (χ4v) is 5.14. The summed E-state index contributed by atoms with van der Waals surface area (Å²) in [6, 6.07) is 5.30. The lowest BCUT2D eigenvalue weighted by Crippen LogP contribution is -2.52. The Balaban J connectivity index is 1.32. The highest BCUT2D eigenvalue weighted by Crippen LogP contribution is 2.31. The molecule has 0 spiro atoms. The minimum absolute atomic E-state index is 0.146. The molecule has 3 atom stereocenters. The Morgan fingerprint density at radius 2 is 1.81 bits per heavy atom. The van der Waals surface area contributed by atoms with Gasteiger partial charge >= 0.3 is 5.97 Å². The Morgan fingerprint density at radius 3 is 2.44 bits per heavy atom. The maximum Gasteiger partial charge on any atom is 0.309 e. The Labute approximate surface area is 213 Å². The van der Waals surface area contributed by atoms with Crippen LogP contribution in [-0.2, 0) is 25.7 Å². The molecule has 2 fully saturated rings. The van der Waals surface area contributed by atoms with E-state index >= 15 is 0 Å². The molecular weight excluding hydrogens is 460 g/mol. The number of nitrogens with one attached hydrogen (secondary N) is 1. The lowest BCUT2D eigenvalue weighted by atomic mass is 9.95. The van der Waals surface area contributed by atoms with Crippen molar-refractivity contribution in [3.8, 4) is 0 Å². The predicted octanol–water partition coefficient (Wildman–Crippen LogP) is 2.18. The second kappa shape index (κ2) is 10.2. The first kappa shape index (κ1) is 26.1. The van der Waals surface area contributed by atoms with E-state index in [0.717, 1.165) is 44.0 Å². The van der Waals surface area contributed by atoms with E-state index in [9.17, 15) is 19.2 Å². The highest BCUT2D eigenvalue weighted by molar-refractivity contribution is 6.05. The molecule has 3 amide bonds. The number of piperidine rings is 1. The van der Waals surface area contributed by atoms with Crippen LogP contribution in [0.15, 0.2) is 18.2 Å². The van der Waals surface area contributed by atoms with Crippen molar-refractivity contribution in [3.05, 3.63) is 29.3 Å². The summed E-state index contributed by atoms with van der Waals surface area (Å²) < 4.78 is 5.56. The van der Waals surface area contributed by atoms with E-state index in [1.54, 1.807) is 4.90 Å². The maximum absolute atomic E-state index is 12.9. The molecule has 1 aromatic carbocycles. The van der Waals surface area contributed by atoms with Crippen molar-refractivity contribution in [2.24, 2.45) is 11.8 Å². The SMILES string of the molecule is CC(CN1CCN(c2ccc3c(c2)CN([C@H]2CCC(=O)NC2=O)C3=O)CC1)C(C)C(=O)OC(C)(C)C. The lowest BCUT2D eigenvalue weighted by molar-refractivity contribution is -0.161. The van der Waals surface area contributed by atoms with Gasteiger partial charge in [-0.1, -0.05) is 13.8 Å². The number of hydrogen-bond acceptors (Lipinski definition) is 7. The van der Waals surface area contributed by atoms with Crippen molar-refractivity contribution in [2.45, 2.75) is 65.6 Å². The zero-order valence-electron chi connectivity index (χ0n) is 22.0. The van der Waals surface area contributed by atoms with Gasteiger partial charge in [-0.25, -0.2) is 0 Å². The zero-order valence-corrected chi connectivity index (χ0v) is 22.0. The summed E-state index contributed by atoms with van der Waals surface area (Å²) in [4.78, 5) is 55.4. The van der Waals surface area contributed by atoms with Crippen LogP contribution in [0.1, 0.15) is 63.4 Å². The molecule has 0 radical (unpaired) electrons. The van der Waals surface area contributed by atoms with Crippen molar-refractivity contribution >= 4 is 29.4 Å². The third-order valence-electron chi connectivity index (χ3n) is 7.42. The summed E-state index contributed by atoms with van der Waals surface area (Å²) >= 11 is 0. The number of benzene rings is 1. The summed E-state index contributed by atoms with van der Waals surface area (Å²) in [7, 11) is 0. The molecule has 196 valence electrons. The van der Waals surface area contributed by atoms with Crippen LogP contribution in [-0.4, -0.2) is 77.9 Å². The van der Waals surface area contributed by atoms with Gasteiger partial charge in [-0.2, -0.15) is 0 Å². The fourth-order valence-electron chi connectivity index (χ4n) is 5.14. The maximum atomic E-state index is 12.9. The number of rotatable bonds is 6. The fraction of sp³-hybridized carbons (Fsp3) is 0.630. The minimum Gasteiger partial charge on any atom is -0.460 e. The molecule has 4 rings (SSSR count). The number of imide groups is 1. The first-order chi connectivity index (χ1) is 16.9. The molecule has 2 saturated heterocycles. The van der Waals surface area contributed by atoms with E-state index in [1.165, 1.54) is 0 Å². The minimum atomic E-state index is -0.598. The average molecular weight is 499 g/mol. The Kier molecular flexibility index (Phi) is 7.41. The van der Waals surface area contributed by atoms with Crippen LogP contribution in [0.3, 0.4) is 0 Å². The van der Waals surface area contributed by atoms with Gasteiger partial charge in [0, 0.05) is 56.9 Å². The normalized spacial score (nSPS) is 22.8. The number of carbonyl (C=O) groups excluding carboxylic acids is 4.